The average Bonchev–Trinajstić information content (AvgIpc) is 2.89. The van der Waals surface area contributed by atoms with E-state index in [1.165, 1.54) is 0 Å². The zero-order valence-corrected chi connectivity index (χ0v) is 15.1. The third kappa shape index (κ3) is 5.03. The van der Waals surface area contributed by atoms with Crippen LogP contribution in [-0.4, -0.2) is 63.8 Å². The molecule has 0 amide bonds. The highest BCUT2D eigenvalue weighted by Gasteiger charge is 2.53. The fourth-order valence-electron chi connectivity index (χ4n) is 2.86. The van der Waals surface area contributed by atoms with Crippen molar-refractivity contribution in [1.29, 1.82) is 0 Å². The van der Waals surface area contributed by atoms with E-state index in [-0.39, 0.29) is 13.2 Å². The van der Waals surface area contributed by atoms with Crippen LogP contribution in [0.4, 0.5) is 0 Å². The molecule has 0 aromatic heterocycles. The molecule has 4 atom stereocenters. The van der Waals surface area contributed by atoms with Crippen molar-refractivity contribution >= 4 is 10.1 Å². The number of rotatable bonds is 6. The lowest BCUT2D eigenvalue weighted by molar-refractivity contribution is -0.175. The van der Waals surface area contributed by atoms with Crippen LogP contribution < -0.4 is 0 Å². The van der Waals surface area contributed by atoms with Gasteiger partial charge >= 0.3 is 0 Å². The Labute approximate surface area is 141 Å². The molecule has 2 heterocycles. The molecule has 11 heteroatoms. The molecule has 0 aliphatic carbocycles. The second-order valence-corrected chi connectivity index (χ2v) is 8.32. The molecular weight excluding hydrogens is 342 g/mol. The van der Waals surface area contributed by atoms with E-state index in [1.54, 1.807) is 27.7 Å². The summed E-state index contributed by atoms with van der Waals surface area (Å²) in [4.78, 5) is 2.74. The Kier molecular flexibility index (Phi) is 5.46. The van der Waals surface area contributed by atoms with Crippen LogP contribution in [0.5, 0.6) is 0 Å². The first-order chi connectivity index (χ1) is 10.9. The highest BCUT2D eigenvalue weighted by atomic mass is 32.2. The first-order valence-electron chi connectivity index (χ1n) is 7.49. The van der Waals surface area contributed by atoms with Crippen molar-refractivity contribution in [3.63, 3.8) is 0 Å². The van der Waals surface area contributed by atoms with Crippen LogP contribution in [0.3, 0.4) is 0 Å². The topological polar surface area (TPSA) is 129 Å². The number of azide groups is 1. The zero-order valence-electron chi connectivity index (χ0n) is 14.3. The maximum atomic E-state index is 11.3. The maximum Gasteiger partial charge on any atom is 0.264 e. The molecule has 2 aliphatic rings. The average molecular weight is 365 g/mol. The molecule has 138 valence electrons. The minimum atomic E-state index is -3.62. The normalized spacial score (nSPS) is 34.9. The van der Waals surface area contributed by atoms with E-state index in [0.717, 1.165) is 6.26 Å². The van der Waals surface area contributed by atoms with Gasteiger partial charge in [-0.3, -0.25) is 4.18 Å². The lowest BCUT2D eigenvalue weighted by atomic mass is 10.0. The molecule has 2 fully saturated rings. The molecule has 0 aromatic carbocycles. The molecule has 0 radical (unpaired) electrons. The van der Waals surface area contributed by atoms with E-state index >= 15 is 0 Å². The van der Waals surface area contributed by atoms with Gasteiger partial charge in [0.25, 0.3) is 10.1 Å². The SMILES string of the molecule is CC1(C)O[C@@H]([C@H]2OC(C)(C)O[C@@H]2CN=[N+]=[N-])[C@H](COS(C)(=O)=O)O1. The van der Waals surface area contributed by atoms with Crippen LogP contribution >= 0.6 is 0 Å². The van der Waals surface area contributed by atoms with Gasteiger partial charge in [0.15, 0.2) is 11.6 Å². The van der Waals surface area contributed by atoms with Crippen LogP contribution in [0.25, 0.3) is 10.4 Å². The van der Waals surface area contributed by atoms with Gasteiger partial charge in [-0.25, -0.2) is 0 Å². The minimum Gasteiger partial charge on any atom is -0.344 e. The van der Waals surface area contributed by atoms with Crippen LogP contribution in [0.2, 0.25) is 0 Å². The molecule has 0 unspecified atom stereocenters. The molecule has 0 aromatic rings. The van der Waals surface area contributed by atoms with E-state index in [4.69, 9.17) is 28.7 Å². The summed E-state index contributed by atoms with van der Waals surface area (Å²) in [5, 5.41) is 3.54. The largest absolute Gasteiger partial charge is 0.344 e. The van der Waals surface area contributed by atoms with Gasteiger partial charge in [-0.15, -0.1) is 0 Å². The lowest BCUT2D eigenvalue weighted by Crippen LogP contribution is -2.44. The summed E-state index contributed by atoms with van der Waals surface area (Å²) in [6, 6.07) is 0. The van der Waals surface area contributed by atoms with Gasteiger partial charge < -0.3 is 18.9 Å². The van der Waals surface area contributed by atoms with Crippen LogP contribution in [0.1, 0.15) is 27.7 Å². The molecular formula is C13H23N3O7S. The fourth-order valence-corrected chi connectivity index (χ4v) is 3.24. The van der Waals surface area contributed by atoms with Crippen molar-refractivity contribution in [3.8, 4) is 0 Å². The van der Waals surface area contributed by atoms with E-state index < -0.39 is 46.1 Å². The standard InChI is InChI=1S/C13H23N3O7S/c1-12(2)20-8(6-15-16-14)10(22-12)11-9(7-19-24(5,17)18)21-13(3,4)23-11/h8-11H,6-7H2,1-5H3/t8-,9+,10+,11-/m1/s1. The monoisotopic (exact) mass is 365 g/mol. The van der Waals surface area contributed by atoms with Gasteiger partial charge in [0.1, 0.15) is 18.3 Å². The summed E-state index contributed by atoms with van der Waals surface area (Å²) < 4.78 is 50.6. The summed E-state index contributed by atoms with van der Waals surface area (Å²) in [5.74, 6) is -1.83. The fraction of sp³-hybridized carbons (Fsp3) is 1.00. The van der Waals surface area contributed by atoms with Crippen molar-refractivity contribution in [2.24, 2.45) is 5.11 Å². The molecule has 2 aliphatic heterocycles. The predicted molar refractivity (Wildman–Crippen MR) is 82.5 cm³/mol. The number of nitrogens with zero attached hydrogens (tertiary/aromatic N) is 3. The number of hydrogen-bond acceptors (Lipinski definition) is 8. The van der Waals surface area contributed by atoms with E-state index in [2.05, 4.69) is 10.0 Å². The summed E-state index contributed by atoms with van der Waals surface area (Å²) in [7, 11) is -3.62. The summed E-state index contributed by atoms with van der Waals surface area (Å²) in [6.45, 7) is 6.75. The van der Waals surface area contributed by atoms with Gasteiger partial charge in [0, 0.05) is 4.91 Å². The molecule has 24 heavy (non-hydrogen) atoms. The molecule has 10 nitrogen and oxygen atoms in total. The number of hydrogen-bond donors (Lipinski definition) is 0. The Bertz CT molecular complexity index is 615. The second kappa shape index (κ2) is 6.75. The van der Waals surface area contributed by atoms with Crippen molar-refractivity contribution in [2.45, 2.75) is 63.7 Å². The Morgan fingerprint density at radius 3 is 2.04 bits per heavy atom. The molecule has 2 rings (SSSR count). The van der Waals surface area contributed by atoms with Gasteiger partial charge in [-0.05, 0) is 33.2 Å². The highest BCUT2D eigenvalue weighted by molar-refractivity contribution is 7.85. The molecule has 0 N–H and O–H groups in total. The third-order valence-corrected chi connectivity index (χ3v) is 4.10. The highest BCUT2D eigenvalue weighted by Crippen LogP contribution is 2.38. The van der Waals surface area contributed by atoms with E-state index in [9.17, 15) is 8.42 Å². The minimum absolute atomic E-state index is 0.0601. The predicted octanol–water partition coefficient (Wildman–Crippen LogP) is 1.31. The lowest BCUT2D eigenvalue weighted by Gasteiger charge is -2.25. The molecule has 0 bridgehead atoms. The second-order valence-electron chi connectivity index (χ2n) is 6.68. The Hall–Kier alpha value is -0.940. The summed E-state index contributed by atoms with van der Waals surface area (Å²) in [5.41, 5.74) is 8.54. The smallest absolute Gasteiger partial charge is 0.264 e. The van der Waals surface area contributed by atoms with Crippen molar-refractivity contribution < 1.29 is 31.5 Å². The van der Waals surface area contributed by atoms with Crippen molar-refractivity contribution in [3.05, 3.63) is 10.4 Å². The molecule has 0 spiro atoms. The van der Waals surface area contributed by atoms with Gasteiger partial charge in [-0.1, -0.05) is 5.11 Å². The van der Waals surface area contributed by atoms with Gasteiger partial charge in [-0.2, -0.15) is 8.42 Å². The first kappa shape index (κ1) is 19.4. The summed E-state index contributed by atoms with van der Waals surface area (Å²) in [6.07, 6.45) is -1.49. The Balaban J connectivity index is 2.19. The van der Waals surface area contributed by atoms with Crippen molar-refractivity contribution in [1.82, 2.24) is 0 Å². The van der Waals surface area contributed by atoms with Gasteiger partial charge in [0.05, 0.1) is 25.5 Å². The van der Waals surface area contributed by atoms with E-state index in [0.29, 0.717) is 0 Å². The van der Waals surface area contributed by atoms with Crippen LogP contribution in [0, 0.1) is 0 Å². The quantitative estimate of drug-likeness (QED) is 0.300. The van der Waals surface area contributed by atoms with Gasteiger partial charge in [0.2, 0.25) is 0 Å². The summed E-state index contributed by atoms with van der Waals surface area (Å²) >= 11 is 0. The Morgan fingerprint density at radius 2 is 1.54 bits per heavy atom. The molecule has 2 saturated heterocycles. The van der Waals surface area contributed by atoms with E-state index in [1.807, 2.05) is 0 Å². The first-order valence-corrected chi connectivity index (χ1v) is 9.31. The van der Waals surface area contributed by atoms with Crippen LogP contribution in [0.15, 0.2) is 5.11 Å². The zero-order chi connectivity index (χ0) is 18.2. The maximum absolute atomic E-state index is 11.3. The van der Waals surface area contributed by atoms with Crippen molar-refractivity contribution in [2.75, 3.05) is 19.4 Å². The van der Waals surface area contributed by atoms with Crippen LogP contribution in [-0.2, 0) is 33.2 Å². The third-order valence-electron chi connectivity index (χ3n) is 3.54. The molecule has 0 saturated carbocycles. The number of ether oxygens (including phenoxy) is 4. The Morgan fingerprint density at radius 1 is 1.04 bits per heavy atom.